The minimum atomic E-state index is -0.769. The third-order valence-electron chi connectivity index (χ3n) is 6.60. The molecule has 178 valence electrons. The molecule has 1 aliphatic heterocycles. The van der Waals surface area contributed by atoms with Crippen LogP contribution in [0.3, 0.4) is 0 Å². The van der Waals surface area contributed by atoms with E-state index in [0.717, 1.165) is 53.0 Å². The second kappa shape index (κ2) is 11.5. The van der Waals surface area contributed by atoms with Gasteiger partial charge < -0.3 is 14.9 Å². The zero-order valence-electron chi connectivity index (χ0n) is 19.3. The second-order valence-electron chi connectivity index (χ2n) is 8.80. The molecule has 1 fully saturated rings. The number of methoxy groups -OCH3 is 1. The number of thiophene rings is 1. The van der Waals surface area contributed by atoms with Gasteiger partial charge >= 0.3 is 5.97 Å². The highest BCUT2D eigenvalue weighted by atomic mass is 32.1. The fourth-order valence-electron chi connectivity index (χ4n) is 4.81. The first-order valence-corrected chi connectivity index (χ1v) is 12.5. The van der Waals surface area contributed by atoms with Crippen molar-refractivity contribution in [2.24, 2.45) is 11.8 Å². The van der Waals surface area contributed by atoms with Crippen LogP contribution < -0.4 is 4.74 Å². The van der Waals surface area contributed by atoms with Gasteiger partial charge in [-0.2, -0.15) is 0 Å². The first-order chi connectivity index (χ1) is 16.5. The molecule has 3 heterocycles. The van der Waals surface area contributed by atoms with Gasteiger partial charge in [0.2, 0.25) is 0 Å². The Kier molecular flexibility index (Phi) is 8.17. The highest BCUT2D eigenvalue weighted by molar-refractivity contribution is 7.10. The summed E-state index contributed by atoms with van der Waals surface area (Å²) in [5.41, 5.74) is 1.65. The van der Waals surface area contributed by atoms with Gasteiger partial charge in [0, 0.05) is 24.5 Å². The van der Waals surface area contributed by atoms with Crippen molar-refractivity contribution < 1.29 is 19.7 Å². The van der Waals surface area contributed by atoms with Gasteiger partial charge in [-0.05, 0) is 78.9 Å². The van der Waals surface area contributed by atoms with Gasteiger partial charge in [-0.15, -0.1) is 11.3 Å². The van der Waals surface area contributed by atoms with Crippen LogP contribution in [0.1, 0.15) is 42.2 Å². The zero-order chi connectivity index (χ0) is 23.9. The standard InChI is InChI=1S/C27H30N2O4S/c1-33-21-7-8-25-24(17-21)23(10-12-28-25)26(30)9-6-19-11-14-29(18-20(19)16-27(31)32)13-2-4-22-5-3-15-34-22/h3,5,7-8,10,12,15,17,19-20,26,30H,6,9,11,13-14,16,18H2,1H3,(H,31,32)/t19-,20+,26?/m1/s1. The van der Waals surface area contributed by atoms with E-state index >= 15 is 0 Å². The van der Waals surface area contributed by atoms with E-state index in [1.165, 1.54) is 0 Å². The van der Waals surface area contributed by atoms with E-state index in [0.29, 0.717) is 13.0 Å². The van der Waals surface area contributed by atoms with Gasteiger partial charge in [-0.3, -0.25) is 14.7 Å². The smallest absolute Gasteiger partial charge is 0.303 e. The molecule has 34 heavy (non-hydrogen) atoms. The molecular formula is C27H30N2O4S. The number of aliphatic carboxylic acids is 1. The Morgan fingerprint density at radius 1 is 1.32 bits per heavy atom. The minimum Gasteiger partial charge on any atom is -0.497 e. The number of ether oxygens (including phenoxy) is 1. The topological polar surface area (TPSA) is 82.9 Å². The van der Waals surface area contributed by atoms with Crippen molar-refractivity contribution in [2.75, 3.05) is 26.7 Å². The summed E-state index contributed by atoms with van der Waals surface area (Å²) in [7, 11) is 1.62. The average Bonchev–Trinajstić information content (AvgIpc) is 3.36. The number of rotatable bonds is 8. The number of carboxylic acid groups (broad SMARTS) is 1. The van der Waals surface area contributed by atoms with E-state index in [-0.39, 0.29) is 18.3 Å². The molecule has 7 heteroatoms. The average molecular weight is 479 g/mol. The molecule has 0 aliphatic carbocycles. The Morgan fingerprint density at radius 2 is 2.21 bits per heavy atom. The maximum absolute atomic E-state index is 11.5. The van der Waals surface area contributed by atoms with E-state index in [9.17, 15) is 15.0 Å². The summed E-state index contributed by atoms with van der Waals surface area (Å²) < 4.78 is 5.34. The number of carbonyl (C=O) groups is 1. The summed E-state index contributed by atoms with van der Waals surface area (Å²) in [6.45, 7) is 2.27. The quantitative estimate of drug-likeness (QED) is 0.461. The van der Waals surface area contributed by atoms with Crippen LogP contribution in [-0.4, -0.2) is 52.8 Å². The van der Waals surface area contributed by atoms with Crippen molar-refractivity contribution in [3.05, 3.63) is 58.4 Å². The summed E-state index contributed by atoms with van der Waals surface area (Å²) in [5.74, 6) is 6.68. The number of pyridine rings is 1. The lowest BCUT2D eigenvalue weighted by molar-refractivity contribution is -0.139. The van der Waals surface area contributed by atoms with Gasteiger partial charge in [0.05, 0.1) is 30.2 Å². The number of fused-ring (bicyclic) bond motifs is 1. The van der Waals surface area contributed by atoms with Crippen LogP contribution in [0.5, 0.6) is 5.75 Å². The lowest BCUT2D eigenvalue weighted by Crippen LogP contribution is -2.41. The maximum Gasteiger partial charge on any atom is 0.303 e. The molecule has 1 saturated heterocycles. The van der Waals surface area contributed by atoms with Crippen molar-refractivity contribution in [2.45, 2.75) is 31.8 Å². The van der Waals surface area contributed by atoms with E-state index in [1.807, 2.05) is 41.8 Å². The maximum atomic E-state index is 11.5. The molecule has 0 amide bonds. The molecule has 0 bridgehead atoms. The summed E-state index contributed by atoms with van der Waals surface area (Å²) in [5, 5.41) is 23.4. The lowest BCUT2D eigenvalue weighted by atomic mass is 9.79. The summed E-state index contributed by atoms with van der Waals surface area (Å²) in [4.78, 5) is 19.2. The molecule has 0 spiro atoms. The van der Waals surface area contributed by atoms with Crippen molar-refractivity contribution in [3.8, 4) is 17.6 Å². The molecule has 3 aromatic rings. The largest absolute Gasteiger partial charge is 0.497 e. The van der Waals surface area contributed by atoms with Crippen molar-refractivity contribution >= 4 is 28.2 Å². The van der Waals surface area contributed by atoms with Crippen molar-refractivity contribution in [1.82, 2.24) is 9.88 Å². The number of benzene rings is 1. The van der Waals surface area contributed by atoms with Gasteiger partial charge in [0.25, 0.3) is 0 Å². The van der Waals surface area contributed by atoms with Crippen LogP contribution in [0, 0.1) is 23.7 Å². The minimum absolute atomic E-state index is 0.0521. The number of aliphatic hydroxyl groups is 1. The molecule has 0 saturated carbocycles. The molecule has 2 N–H and O–H groups in total. The lowest BCUT2D eigenvalue weighted by Gasteiger charge is -2.37. The van der Waals surface area contributed by atoms with Crippen molar-refractivity contribution in [3.63, 3.8) is 0 Å². The zero-order valence-corrected chi connectivity index (χ0v) is 20.1. The van der Waals surface area contributed by atoms with Crippen molar-refractivity contribution in [1.29, 1.82) is 0 Å². The van der Waals surface area contributed by atoms with E-state index < -0.39 is 12.1 Å². The number of nitrogens with zero attached hydrogens (tertiary/aromatic N) is 2. The Morgan fingerprint density at radius 3 is 2.97 bits per heavy atom. The Labute approximate surface area is 204 Å². The number of hydrogen-bond acceptors (Lipinski definition) is 6. The molecule has 2 aromatic heterocycles. The molecule has 6 nitrogen and oxygen atoms in total. The number of aliphatic hydroxyl groups excluding tert-OH is 1. The number of carboxylic acids is 1. The SMILES string of the molecule is COc1ccc2nccc(C(O)CC[C@@H]3CCN(CC#Cc4cccs4)C[C@@H]3CC(=O)O)c2c1. The third-order valence-corrected chi connectivity index (χ3v) is 7.39. The first-order valence-electron chi connectivity index (χ1n) is 11.6. The number of likely N-dealkylation sites (tertiary alicyclic amines) is 1. The number of aromatic nitrogens is 1. The predicted molar refractivity (Wildman–Crippen MR) is 134 cm³/mol. The molecule has 3 atom stereocenters. The molecule has 1 unspecified atom stereocenters. The molecule has 0 radical (unpaired) electrons. The summed E-state index contributed by atoms with van der Waals surface area (Å²) >= 11 is 1.62. The van der Waals surface area contributed by atoms with Gasteiger partial charge in [-0.1, -0.05) is 17.9 Å². The van der Waals surface area contributed by atoms with Gasteiger partial charge in [0.1, 0.15) is 5.75 Å². The van der Waals surface area contributed by atoms with Crippen LogP contribution in [0.4, 0.5) is 0 Å². The summed E-state index contributed by atoms with van der Waals surface area (Å²) in [6.07, 6.45) is 3.49. The van der Waals surface area contributed by atoms with Gasteiger partial charge in [0.15, 0.2) is 0 Å². The Balaban J connectivity index is 1.39. The van der Waals surface area contributed by atoms with Crippen LogP contribution in [0.15, 0.2) is 48.0 Å². The Bertz CT molecular complexity index is 1170. The van der Waals surface area contributed by atoms with Crippen LogP contribution in [-0.2, 0) is 4.79 Å². The fourth-order valence-corrected chi connectivity index (χ4v) is 5.41. The van der Waals surface area contributed by atoms with Crippen LogP contribution in [0.25, 0.3) is 10.9 Å². The van der Waals surface area contributed by atoms with Gasteiger partial charge in [-0.25, -0.2) is 0 Å². The molecular weight excluding hydrogens is 448 g/mol. The van der Waals surface area contributed by atoms with Crippen LogP contribution >= 0.6 is 11.3 Å². The molecule has 1 aliphatic rings. The third kappa shape index (κ3) is 6.15. The Hall–Kier alpha value is -2.92. The van der Waals surface area contributed by atoms with Crippen LogP contribution in [0.2, 0.25) is 0 Å². The number of piperidine rings is 1. The monoisotopic (exact) mass is 478 g/mol. The first kappa shape index (κ1) is 24.2. The second-order valence-corrected chi connectivity index (χ2v) is 9.74. The highest BCUT2D eigenvalue weighted by Crippen LogP contribution is 2.34. The number of hydrogen-bond donors (Lipinski definition) is 2. The highest BCUT2D eigenvalue weighted by Gasteiger charge is 2.31. The van der Waals surface area contributed by atoms with E-state index in [2.05, 4.69) is 21.7 Å². The predicted octanol–water partition coefficient (Wildman–Crippen LogP) is 4.58. The molecule has 4 rings (SSSR count). The van der Waals surface area contributed by atoms with E-state index in [1.54, 1.807) is 24.6 Å². The summed E-state index contributed by atoms with van der Waals surface area (Å²) in [6, 6.07) is 11.5. The normalized spacial score (nSPS) is 19.4. The molecule has 1 aromatic carbocycles. The fraction of sp³-hybridized carbons (Fsp3) is 0.407. The van der Waals surface area contributed by atoms with E-state index in [4.69, 9.17) is 4.74 Å².